The lowest BCUT2D eigenvalue weighted by atomic mass is 10.1. The number of nitrogens with zero attached hydrogens (tertiary/aromatic N) is 6. The van der Waals surface area contributed by atoms with Crippen LogP contribution in [0.3, 0.4) is 0 Å². The van der Waals surface area contributed by atoms with Crippen LogP contribution in [0.4, 0.5) is 0 Å². The first-order valence-electron chi connectivity index (χ1n) is 13.1. The van der Waals surface area contributed by atoms with Crippen molar-refractivity contribution in [3.8, 4) is 16.9 Å². The van der Waals surface area contributed by atoms with Crippen molar-refractivity contribution in [1.29, 1.82) is 0 Å². The van der Waals surface area contributed by atoms with Crippen molar-refractivity contribution in [2.75, 3.05) is 20.2 Å². The van der Waals surface area contributed by atoms with Crippen LogP contribution >= 0.6 is 0 Å². The second kappa shape index (κ2) is 10.8. The fraction of sp³-hybridized carbons (Fsp3) is 0.200. The highest BCUT2D eigenvalue weighted by Crippen LogP contribution is 2.27. The van der Waals surface area contributed by atoms with E-state index in [1.165, 1.54) is 19.4 Å². The Hall–Kier alpha value is -5.16. The van der Waals surface area contributed by atoms with E-state index < -0.39 is 11.9 Å². The van der Waals surface area contributed by atoms with E-state index in [1.54, 1.807) is 57.9 Å². The molecule has 6 rings (SSSR count). The summed E-state index contributed by atoms with van der Waals surface area (Å²) in [6.07, 6.45) is 5.58. The third-order valence-electron chi connectivity index (χ3n) is 7.30. The number of likely N-dealkylation sites (tertiary alicyclic amines) is 1. The van der Waals surface area contributed by atoms with Crippen LogP contribution in [0.15, 0.2) is 84.0 Å². The molecule has 0 spiro atoms. The number of carbonyl (C=O) groups excluding carboxylic acids is 1. The number of aromatic nitrogens is 5. The number of carboxylic acid groups (broad SMARTS) is 1. The van der Waals surface area contributed by atoms with Gasteiger partial charge in [0.2, 0.25) is 0 Å². The van der Waals surface area contributed by atoms with Crippen LogP contribution in [0.2, 0.25) is 0 Å². The van der Waals surface area contributed by atoms with Gasteiger partial charge in [0.1, 0.15) is 0 Å². The second-order valence-corrected chi connectivity index (χ2v) is 9.82. The fourth-order valence-corrected chi connectivity index (χ4v) is 5.31. The van der Waals surface area contributed by atoms with Crippen LogP contribution in [0.25, 0.3) is 28.1 Å². The number of methoxy groups -OCH3 is 1. The third kappa shape index (κ3) is 4.98. The quantitative estimate of drug-likeness (QED) is 0.302. The number of hydrogen-bond acceptors (Lipinski definition) is 8. The number of carboxylic acids is 1. The summed E-state index contributed by atoms with van der Waals surface area (Å²) in [5.41, 5.74) is 4.55. The molecule has 41 heavy (non-hydrogen) atoms. The zero-order valence-corrected chi connectivity index (χ0v) is 22.2. The van der Waals surface area contributed by atoms with Crippen molar-refractivity contribution >= 4 is 23.1 Å². The Morgan fingerprint density at radius 3 is 2.56 bits per heavy atom. The number of hydrogen-bond donors (Lipinski definition) is 1. The lowest BCUT2D eigenvalue weighted by Crippen LogP contribution is -2.29. The number of benzene rings is 1. The second-order valence-electron chi connectivity index (χ2n) is 9.82. The Morgan fingerprint density at radius 1 is 1.00 bits per heavy atom. The average Bonchev–Trinajstić information content (AvgIpc) is 3.57. The maximum absolute atomic E-state index is 13.9. The Kier molecular flexibility index (Phi) is 6.86. The van der Waals surface area contributed by atoms with E-state index in [4.69, 9.17) is 4.74 Å². The standard InChI is InChI=1S/C30H26N6O5/c1-41-29(39)20-6-4-19(5-7-20)25-9-8-23(16-33-25)35-26-3-2-12-32-27(26)36(30(35)40)24-11-14-34(18-24)17-22-15-21(28(37)38)10-13-31-22/h2-10,12-13,15-16,24H,11,14,17-18H2,1H3,(H,37,38)/t24-/m0/s1. The predicted octanol–water partition coefficient (Wildman–Crippen LogP) is 3.58. The molecule has 1 aliphatic rings. The van der Waals surface area contributed by atoms with E-state index in [0.29, 0.717) is 46.9 Å². The minimum absolute atomic E-state index is 0.107. The van der Waals surface area contributed by atoms with Crippen molar-refractivity contribution in [3.05, 3.63) is 107 Å². The topological polar surface area (TPSA) is 132 Å². The molecule has 11 nitrogen and oxygen atoms in total. The van der Waals surface area contributed by atoms with Gasteiger partial charge in [-0.1, -0.05) is 12.1 Å². The van der Waals surface area contributed by atoms with Gasteiger partial charge in [-0.25, -0.2) is 19.4 Å². The maximum atomic E-state index is 13.9. The third-order valence-corrected chi connectivity index (χ3v) is 7.30. The summed E-state index contributed by atoms with van der Waals surface area (Å²) in [7, 11) is 1.34. The minimum atomic E-state index is -0.989. The largest absolute Gasteiger partial charge is 0.478 e. The summed E-state index contributed by atoms with van der Waals surface area (Å²) >= 11 is 0. The fourth-order valence-electron chi connectivity index (χ4n) is 5.31. The molecule has 0 amide bonds. The van der Waals surface area contributed by atoms with E-state index in [1.807, 2.05) is 18.2 Å². The number of rotatable bonds is 7. The number of pyridine rings is 3. The van der Waals surface area contributed by atoms with Gasteiger partial charge in [0, 0.05) is 37.6 Å². The van der Waals surface area contributed by atoms with Crippen molar-refractivity contribution < 1.29 is 19.4 Å². The highest BCUT2D eigenvalue weighted by atomic mass is 16.5. The molecule has 0 saturated carbocycles. The molecule has 4 aromatic heterocycles. The summed E-state index contributed by atoms with van der Waals surface area (Å²) in [4.78, 5) is 52.6. The first-order chi connectivity index (χ1) is 19.9. The molecule has 5 heterocycles. The monoisotopic (exact) mass is 550 g/mol. The van der Waals surface area contributed by atoms with Gasteiger partial charge in [-0.3, -0.25) is 24.0 Å². The normalized spacial score (nSPS) is 15.3. The lowest BCUT2D eigenvalue weighted by molar-refractivity contribution is 0.0599. The van der Waals surface area contributed by atoms with E-state index in [2.05, 4.69) is 19.9 Å². The van der Waals surface area contributed by atoms with Crippen LogP contribution in [0.5, 0.6) is 0 Å². The smallest absolute Gasteiger partial charge is 0.337 e. The van der Waals surface area contributed by atoms with Gasteiger partial charge in [0.05, 0.1) is 53.1 Å². The molecule has 1 aliphatic heterocycles. The summed E-state index contributed by atoms with van der Waals surface area (Å²) in [6, 6.07) is 17.3. The van der Waals surface area contributed by atoms with Gasteiger partial charge in [-0.15, -0.1) is 0 Å². The van der Waals surface area contributed by atoms with Crippen LogP contribution in [0.1, 0.15) is 38.9 Å². The Bertz CT molecular complexity index is 1810. The molecule has 0 bridgehead atoms. The molecule has 1 saturated heterocycles. The molecule has 1 fully saturated rings. The molecule has 5 aromatic rings. The highest BCUT2D eigenvalue weighted by molar-refractivity contribution is 5.90. The number of imidazole rings is 1. The van der Waals surface area contributed by atoms with Crippen molar-refractivity contribution in [2.24, 2.45) is 0 Å². The highest BCUT2D eigenvalue weighted by Gasteiger charge is 2.29. The maximum Gasteiger partial charge on any atom is 0.337 e. The van der Waals surface area contributed by atoms with Crippen LogP contribution in [-0.2, 0) is 11.3 Å². The molecule has 1 aromatic carbocycles. The molecule has 0 unspecified atom stereocenters. The van der Waals surface area contributed by atoms with Gasteiger partial charge in [0.15, 0.2) is 5.65 Å². The first kappa shape index (κ1) is 26.1. The van der Waals surface area contributed by atoms with E-state index >= 15 is 0 Å². The van der Waals surface area contributed by atoms with Crippen LogP contribution in [-0.4, -0.2) is 66.2 Å². The summed E-state index contributed by atoms with van der Waals surface area (Å²) in [5.74, 6) is -1.39. The average molecular weight is 551 g/mol. The zero-order valence-electron chi connectivity index (χ0n) is 22.2. The molecule has 1 atom stereocenters. The number of ether oxygens (including phenoxy) is 1. The van der Waals surface area contributed by atoms with Gasteiger partial charge < -0.3 is 9.84 Å². The summed E-state index contributed by atoms with van der Waals surface area (Å²) in [6.45, 7) is 1.83. The summed E-state index contributed by atoms with van der Waals surface area (Å²) in [5, 5.41) is 9.29. The Morgan fingerprint density at radius 2 is 1.83 bits per heavy atom. The lowest BCUT2D eigenvalue weighted by Gasteiger charge is -2.16. The first-order valence-corrected chi connectivity index (χ1v) is 13.1. The van der Waals surface area contributed by atoms with Gasteiger partial charge in [-0.05, 0) is 55.0 Å². The van der Waals surface area contributed by atoms with Crippen LogP contribution in [0, 0.1) is 0 Å². The number of fused-ring (bicyclic) bond motifs is 1. The van der Waals surface area contributed by atoms with E-state index in [-0.39, 0.29) is 17.3 Å². The SMILES string of the molecule is COC(=O)c1ccc(-c2ccc(-n3c(=O)n([C@H]4CCN(Cc5cc(C(=O)O)ccn5)C4)c4ncccc43)cn2)cc1. The zero-order chi connectivity index (χ0) is 28.5. The van der Waals surface area contributed by atoms with E-state index in [0.717, 1.165) is 18.5 Å². The molecular formula is C30H26N6O5. The number of carbonyl (C=O) groups is 2. The molecule has 0 aliphatic carbocycles. The van der Waals surface area contributed by atoms with Gasteiger partial charge >= 0.3 is 17.6 Å². The molecule has 206 valence electrons. The number of esters is 1. The van der Waals surface area contributed by atoms with Crippen LogP contribution < -0.4 is 5.69 Å². The van der Waals surface area contributed by atoms with Gasteiger partial charge in [-0.2, -0.15) is 0 Å². The summed E-state index contributed by atoms with van der Waals surface area (Å²) < 4.78 is 8.13. The van der Waals surface area contributed by atoms with Crippen molar-refractivity contribution in [2.45, 2.75) is 19.0 Å². The molecular weight excluding hydrogens is 524 g/mol. The minimum Gasteiger partial charge on any atom is -0.478 e. The Balaban J connectivity index is 1.27. The van der Waals surface area contributed by atoms with Crippen molar-refractivity contribution in [1.82, 2.24) is 29.0 Å². The molecule has 1 N–H and O–H groups in total. The Labute approximate surface area is 234 Å². The van der Waals surface area contributed by atoms with Crippen molar-refractivity contribution in [3.63, 3.8) is 0 Å². The molecule has 0 radical (unpaired) electrons. The van der Waals surface area contributed by atoms with Gasteiger partial charge in [0.25, 0.3) is 0 Å². The molecule has 11 heteroatoms. The predicted molar refractivity (Wildman–Crippen MR) is 150 cm³/mol. The van der Waals surface area contributed by atoms with E-state index in [9.17, 15) is 19.5 Å². The number of aromatic carboxylic acids is 1.